The van der Waals surface area contributed by atoms with Crippen molar-refractivity contribution in [3.8, 4) is 6.07 Å². The Balaban J connectivity index is 2.95. The van der Waals surface area contributed by atoms with Gasteiger partial charge in [-0.2, -0.15) is 5.26 Å². The first kappa shape index (κ1) is 21.2. The second-order valence-corrected chi connectivity index (χ2v) is 6.87. The van der Waals surface area contributed by atoms with Crippen LogP contribution in [-0.2, 0) is 16.1 Å². The molecule has 0 radical (unpaired) electrons. The summed E-state index contributed by atoms with van der Waals surface area (Å²) < 4.78 is 0. The molecule has 0 aliphatic heterocycles. The zero-order chi connectivity index (χ0) is 19.7. The maximum atomic E-state index is 12.8. The number of carbonyl (C=O) groups excluding carboxylic acids is 1. The summed E-state index contributed by atoms with van der Waals surface area (Å²) in [7, 11) is 0. The number of amides is 1. The fourth-order valence-corrected chi connectivity index (χ4v) is 2.46. The number of carboxylic acids is 1. The highest BCUT2D eigenvalue weighted by molar-refractivity contribution is 5.97. The van der Waals surface area contributed by atoms with E-state index >= 15 is 0 Å². The van der Waals surface area contributed by atoms with Crippen molar-refractivity contribution in [3.63, 3.8) is 0 Å². The van der Waals surface area contributed by atoms with Crippen LogP contribution in [0.15, 0.2) is 42.1 Å². The minimum absolute atomic E-state index is 0.106. The van der Waals surface area contributed by atoms with Gasteiger partial charge in [0.15, 0.2) is 0 Å². The maximum absolute atomic E-state index is 12.8. The van der Waals surface area contributed by atoms with Crippen molar-refractivity contribution in [1.29, 1.82) is 5.26 Å². The molecule has 0 saturated heterocycles. The van der Waals surface area contributed by atoms with Crippen LogP contribution in [0.3, 0.4) is 0 Å². The highest BCUT2D eigenvalue weighted by atomic mass is 16.4. The molecule has 0 saturated carbocycles. The second-order valence-electron chi connectivity index (χ2n) is 6.87. The van der Waals surface area contributed by atoms with Crippen molar-refractivity contribution in [2.45, 2.75) is 52.7 Å². The predicted octanol–water partition coefficient (Wildman–Crippen LogP) is 2.92. The average Bonchev–Trinajstić information content (AvgIpc) is 2.59. The van der Waals surface area contributed by atoms with E-state index in [0.29, 0.717) is 13.0 Å². The molecular formula is C20H27N3O3. The number of carbonyl (C=O) groups is 2. The van der Waals surface area contributed by atoms with Gasteiger partial charge in [-0.05, 0) is 31.7 Å². The summed E-state index contributed by atoms with van der Waals surface area (Å²) in [6.45, 7) is 7.96. The summed E-state index contributed by atoms with van der Waals surface area (Å²) in [5, 5.41) is 21.4. The van der Waals surface area contributed by atoms with E-state index in [4.69, 9.17) is 0 Å². The summed E-state index contributed by atoms with van der Waals surface area (Å²) >= 11 is 0. The highest BCUT2D eigenvalue weighted by Crippen LogP contribution is 2.12. The number of hydrogen-bond acceptors (Lipinski definition) is 4. The number of rotatable bonds is 9. The van der Waals surface area contributed by atoms with Gasteiger partial charge in [-0.15, -0.1) is 0 Å². The lowest BCUT2D eigenvalue weighted by atomic mass is 10.0. The van der Waals surface area contributed by atoms with Crippen molar-refractivity contribution in [2.24, 2.45) is 5.92 Å². The standard InChI is InChI=1S/C20H27N3O3/c1-14(2)10-18(20(25)26)22-12-17(11-21)19(24)23(15(3)4)13-16-8-6-5-7-9-16/h5-9,12,14-15,18,22H,10,13H2,1-4H3,(H,25,26)/b17-12-. The quantitative estimate of drug-likeness (QED) is 0.523. The van der Waals surface area contributed by atoms with E-state index in [-0.39, 0.29) is 17.5 Å². The molecule has 0 bridgehead atoms. The smallest absolute Gasteiger partial charge is 0.326 e. The van der Waals surface area contributed by atoms with Crippen LogP contribution >= 0.6 is 0 Å². The molecular weight excluding hydrogens is 330 g/mol. The summed E-state index contributed by atoms with van der Waals surface area (Å²) in [4.78, 5) is 25.7. The lowest BCUT2D eigenvalue weighted by Crippen LogP contribution is -2.39. The van der Waals surface area contributed by atoms with Crippen molar-refractivity contribution in [3.05, 3.63) is 47.7 Å². The Morgan fingerprint density at radius 3 is 2.31 bits per heavy atom. The van der Waals surface area contributed by atoms with Gasteiger partial charge in [0, 0.05) is 18.8 Å². The van der Waals surface area contributed by atoms with Gasteiger partial charge in [-0.1, -0.05) is 44.2 Å². The molecule has 2 N–H and O–H groups in total. The Hall–Kier alpha value is -2.81. The Kier molecular flexibility index (Phi) is 8.36. The number of nitrogens with zero attached hydrogens (tertiary/aromatic N) is 2. The van der Waals surface area contributed by atoms with Crippen molar-refractivity contribution < 1.29 is 14.7 Å². The Morgan fingerprint density at radius 1 is 1.23 bits per heavy atom. The summed E-state index contributed by atoms with van der Waals surface area (Å²) in [5.41, 5.74) is 0.854. The van der Waals surface area contributed by atoms with Gasteiger partial charge < -0.3 is 15.3 Å². The molecule has 6 nitrogen and oxygen atoms in total. The first-order chi connectivity index (χ1) is 12.3. The number of aliphatic carboxylic acids is 1. The third-order valence-electron chi connectivity index (χ3n) is 3.86. The van der Waals surface area contributed by atoms with E-state index < -0.39 is 17.9 Å². The van der Waals surface area contributed by atoms with Crippen LogP contribution in [0.4, 0.5) is 0 Å². The minimum atomic E-state index is -1.01. The normalized spacial score (nSPS) is 12.6. The SMILES string of the molecule is CC(C)CC(N/C=C(/C#N)C(=O)N(Cc1ccccc1)C(C)C)C(=O)O. The lowest BCUT2D eigenvalue weighted by Gasteiger charge is -2.27. The zero-order valence-electron chi connectivity index (χ0n) is 15.8. The summed E-state index contributed by atoms with van der Waals surface area (Å²) in [6.07, 6.45) is 1.63. The fourth-order valence-electron chi connectivity index (χ4n) is 2.46. The van der Waals surface area contributed by atoms with E-state index in [2.05, 4.69) is 5.32 Å². The van der Waals surface area contributed by atoms with Crippen LogP contribution in [0.25, 0.3) is 0 Å². The first-order valence-electron chi connectivity index (χ1n) is 8.70. The van der Waals surface area contributed by atoms with Crippen LogP contribution < -0.4 is 5.32 Å². The maximum Gasteiger partial charge on any atom is 0.326 e. The van der Waals surface area contributed by atoms with E-state index in [1.807, 2.05) is 64.1 Å². The van der Waals surface area contributed by atoms with Gasteiger partial charge in [-0.25, -0.2) is 4.79 Å². The Morgan fingerprint density at radius 2 is 1.85 bits per heavy atom. The molecule has 1 aromatic rings. The van der Waals surface area contributed by atoms with E-state index in [1.54, 1.807) is 4.90 Å². The van der Waals surface area contributed by atoms with Crippen molar-refractivity contribution >= 4 is 11.9 Å². The molecule has 0 heterocycles. The molecule has 0 spiro atoms. The topological polar surface area (TPSA) is 93.4 Å². The molecule has 1 aromatic carbocycles. The molecule has 26 heavy (non-hydrogen) atoms. The molecule has 0 aromatic heterocycles. The van der Waals surface area contributed by atoms with Gasteiger partial charge in [0.2, 0.25) is 0 Å². The van der Waals surface area contributed by atoms with Gasteiger partial charge in [-0.3, -0.25) is 4.79 Å². The molecule has 0 fully saturated rings. The average molecular weight is 357 g/mol. The van der Waals surface area contributed by atoms with E-state index in [9.17, 15) is 20.0 Å². The molecule has 140 valence electrons. The number of nitriles is 1. The minimum Gasteiger partial charge on any atom is -0.480 e. The molecule has 0 aliphatic rings. The highest BCUT2D eigenvalue weighted by Gasteiger charge is 2.23. The summed E-state index contributed by atoms with van der Waals surface area (Å²) in [5.74, 6) is -1.26. The fraction of sp³-hybridized carbons (Fsp3) is 0.450. The van der Waals surface area contributed by atoms with E-state index in [1.165, 1.54) is 6.20 Å². The van der Waals surface area contributed by atoms with Crippen molar-refractivity contribution in [1.82, 2.24) is 10.2 Å². The van der Waals surface area contributed by atoms with Gasteiger partial charge in [0.1, 0.15) is 17.7 Å². The van der Waals surface area contributed by atoms with Gasteiger partial charge in [0.25, 0.3) is 5.91 Å². The van der Waals surface area contributed by atoms with Crippen LogP contribution in [-0.4, -0.2) is 34.0 Å². The largest absolute Gasteiger partial charge is 0.480 e. The van der Waals surface area contributed by atoms with Gasteiger partial charge in [0.05, 0.1) is 0 Å². The predicted molar refractivity (Wildman–Crippen MR) is 99.8 cm³/mol. The number of benzene rings is 1. The molecule has 0 aliphatic carbocycles. The Bertz CT molecular complexity index is 675. The third-order valence-corrected chi connectivity index (χ3v) is 3.86. The lowest BCUT2D eigenvalue weighted by molar-refractivity contribution is -0.139. The first-order valence-corrected chi connectivity index (χ1v) is 8.70. The second kappa shape index (κ2) is 10.2. The molecule has 1 rings (SSSR count). The van der Waals surface area contributed by atoms with Crippen molar-refractivity contribution in [2.75, 3.05) is 0 Å². The molecule has 1 unspecified atom stereocenters. The summed E-state index contributed by atoms with van der Waals surface area (Å²) in [6, 6.07) is 10.5. The van der Waals surface area contributed by atoms with E-state index in [0.717, 1.165) is 5.56 Å². The molecule has 6 heteroatoms. The molecule has 1 amide bonds. The van der Waals surface area contributed by atoms with Crippen LogP contribution in [0.1, 0.15) is 39.7 Å². The molecule has 1 atom stereocenters. The van der Waals surface area contributed by atoms with Crippen LogP contribution in [0.5, 0.6) is 0 Å². The van der Waals surface area contributed by atoms with Crippen LogP contribution in [0.2, 0.25) is 0 Å². The number of nitrogens with one attached hydrogen (secondary N) is 1. The zero-order valence-corrected chi connectivity index (χ0v) is 15.8. The third kappa shape index (κ3) is 6.60. The monoisotopic (exact) mass is 357 g/mol. The number of hydrogen-bond donors (Lipinski definition) is 2. The number of carboxylic acid groups (broad SMARTS) is 1. The van der Waals surface area contributed by atoms with Crippen LogP contribution in [0, 0.1) is 17.2 Å². The Labute approximate surface area is 155 Å². The van der Waals surface area contributed by atoms with Gasteiger partial charge >= 0.3 is 5.97 Å².